The number of hydrogen-bond donors (Lipinski definition) is 0. The van der Waals surface area contributed by atoms with Crippen molar-refractivity contribution in [1.82, 2.24) is 14.7 Å². The molecule has 4 aliphatic heterocycles. The number of para-hydroxylation sites is 1. The molecule has 1 aromatic rings. The van der Waals surface area contributed by atoms with E-state index in [0.29, 0.717) is 6.42 Å². The molecule has 0 unspecified atom stereocenters. The maximum atomic E-state index is 12.9. The van der Waals surface area contributed by atoms with Crippen LogP contribution in [0.15, 0.2) is 24.3 Å². The van der Waals surface area contributed by atoms with Gasteiger partial charge in [0, 0.05) is 64.4 Å². The normalized spacial score (nSPS) is 25.3. The van der Waals surface area contributed by atoms with Crippen LogP contribution in [-0.2, 0) is 4.79 Å². The summed E-state index contributed by atoms with van der Waals surface area (Å²) in [7, 11) is 0. The summed E-state index contributed by atoms with van der Waals surface area (Å²) >= 11 is 0. The lowest BCUT2D eigenvalue weighted by Crippen LogP contribution is -2.54. The van der Waals surface area contributed by atoms with E-state index in [0.717, 1.165) is 90.0 Å². The number of fused-ring (bicyclic) bond motifs is 1. The fourth-order valence-electron chi connectivity index (χ4n) is 5.75. The molecule has 30 heavy (non-hydrogen) atoms. The molecule has 0 N–H and O–H groups in total. The average molecular weight is 412 g/mol. The van der Waals surface area contributed by atoms with Crippen LogP contribution in [0, 0.1) is 0 Å². The van der Waals surface area contributed by atoms with Gasteiger partial charge in [0.05, 0.1) is 0 Å². The van der Waals surface area contributed by atoms with Crippen LogP contribution in [0.4, 0.5) is 4.79 Å². The summed E-state index contributed by atoms with van der Waals surface area (Å²) in [6, 6.07) is 8.43. The Morgan fingerprint density at radius 3 is 2.17 bits per heavy atom. The second-order valence-corrected chi connectivity index (χ2v) is 9.48. The number of carbonyl (C=O) groups is 2. The van der Waals surface area contributed by atoms with Crippen LogP contribution in [0.25, 0.3) is 0 Å². The Morgan fingerprint density at radius 2 is 1.47 bits per heavy atom. The van der Waals surface area contributed by atoms with E-state index in [1.165, 1.54) is 5.56 Å². The minimum absolute atomic E-state index is 0.194. The first kappa shape index (κ1) is 19.7. The number of ether oxygens (including phenoxy) is 1. The topological polar surface area (TPSA) is 53.1 Å². The number of hydrogen-bond acceptors (Lipinski definition) is 3. The SMILES string of the molecule is O=C(C[C@H]1CC2(CCN(C(=O)N3CCCC3)CC2)Oc2ccccc21)N1CCCC1. The molecule has 0 radical (unpaired) electrons. The van der Waals surface area contributed by atoms with Gasteiger partial charge in [-0.25, -0.2) is 4.79 Å². The minimum Gasteiger partial charge on any atom is -0.487 e. The summed E-state index contributed by atoms with van der Waals surface area (Å²) < 4.78 is 6.57. The van der Waals surface area contributed by atoms with Crippen LogP contribution >= 0.6 is 0 Å². The molecule has 0 aromatic heterocycles. The summed E-state index contributed by atoms with van der Waals surface area (Å²) in [4.78, 5) is 31.7. The van der Waals surface area contributed by atoms with E-state index >= 15 is 0 Å². The zero-order valence-electron chi connectivity index (χ0n) is 17.9. The van der Waals surface area contributed by atoms with Gasteiger partial charge in [0.1, 0.15) is 11.4 Å². The Labute approximate surface area is 179 Å². The zero-order valence-corrected chi connectivity index (χ0v) is 17.9. The molecule has 4 aliphatic rings. The maximum Gasteiger partial charge on any atom is 0.320 e. The molecule has 3 fully saturated rings. The minimum atomic E-state index is -0.258. The van der Waals surface area contributed by atoms with Gasteiger partial charge in [-0.05, 0) is 43.7 Å². The van der Waals surface area contributed by atoms with Crippen LogP contribution in [0.1, 0.15) is 62.8 Å². The van der Waals surface area contributed by atoms with Gasteiger partial charge in [-0.3, -0.25) is 4.79 Å². The molecule has 1 atom stereocenters. The zero-order chi connectivity index (χ0) is 20.6. The van der Waals surface area contributed by atoms with Crippen LogP contribution in [0.2, 0.25) is 0 Å². The number of benzene rings is 1. The largest absolute Gasteiger partial charge is 0.487 e. The van der Waals surface area contributed by atoms with Gasteiger partial charge in [-0.1, -0.05) is 18.2 Å². The fraction of sp³-hybridized carbons (Fsp3) is 0.667. The van der Waals surface area contributed by atoms with Crippen molar-refractivity contribution >= 4 is 11.9 Å². The molecule has 5 rings (SSSR count). The van der Waals surface area contributed by atoms with Crippen molar-refractivity contribution in [3.05, 3.63) is 29.8 Å². The van der Waals surface area contributed by atoms with Crippen LogP contribution in [0.3, 0.4) is 0 Å². The standard InChI is InChI=1S/C24H33N3O3/c28-22(25-11-3-4-12-25)17-19-18-24(30-21-8-2-1-7-20(19)21)9-15-27(16-10-24)23(29)26-13-5-6-14-26/h1-2,7-8,19H,3-6,9-18H2/t19-/m0/s1. The maximum absolute atomic E-state index is 12.9. The molecule has 0 saturated carbocycles. The summed E-state index contributed by atoms with van der Waals surface area (Å²) in [6.45, 7) is 5.08. The number of amides is 3. The molecule has 4 heterocycles. The van der Waals surface area contributed by atoms with Crippen molar-refractivity contribution in [1.29, 1.82) is 0 Å². The second-order valence-electron chi connectivity index (χ2n) is 9.48. The Kier molecular flexibility index (Phi) is 5.34. The highest BCUT2D eigenvalue weighted by Crippen LogP contribution is 2.46. The Morgan fingerprint density at radius 1 is 0.867 bits per heavy atom. The average Bonchev–Trinajstić information content (AvgIpc) is 3.48. The van der Waals surface area contributed by atoms with Crippen LogP contribution < -0.4 is 4.74 Å². The number of piperidine rings is 1. The Bertz CT molecular complexity index is 791. The molecule has 0 aliphatic carbocycles. The van der Waals surface area contributed by atoms with Gasteiger partial charge in [0.2, 0.25) is 5.91 Å². The molecular formula is C24H33N3O3. The van der Waals surface area contributed by atoms with Crippen molar-refractivity contribution in [2.75, 3.05) is 39.3 Å². The molecule has 1 aromatic carbocycles. The number of rotatable bonds is 2. The van der Waals surface area contributed by atoms with E-state index in [4.69, 9.17) is 4.74 Å². The van der Waals surface area contributed by atoms with Gasteiger partial charge in [-0.15, -0.1) is 0 Å². The van der Waals surface area contributed by atoms with E-state index in [1.54, 1.807) is 0 Å². The van der Waals surface area contributed by atoms with Crippen molar-refractivity contribution in [3.8, 4) is 5.75 Å². The summed E-state index contributed by atoms with van der Waals surface area (Å²) in [5.74, 6) is 1.41. The predicted octanol–water partition coefficient (Wildman–Crippen LogP) is 3.62. The molecular weight excluding hydrogens is 378 g/mol. The molecule has 3 amide bonds. The highest BCUT2D eigenvalue weighted by atomic mass is 16.5. The molecule has 1 spiro atoms. The van der Waals surface area contributed by atoms with E-state index in [9.17, 15) is 9.59 Å². The number of nitrogens with zero attached hydrogens (tertiary/aromatic N) is 3. The third-order valence-electron chi connectivity index (χ3n) is 7.51. The summed E-state index contributed by atoms with van der Waals surface area (Å²) in [5.41, 5.74) is 0.915. The lowest BCUT2D eigenvalue weighted by atomic mass is 9.76. The lowest BCUT2D eigenvalue weighted by Gasteiger charge is -2.47. The van der Waals surface area contributed by atoms with Crippen LogP contribution in [0.5, 0.6) is 5.75 Å². The Balaban J connectivity index is 1.29. The molecule has 6 heteroatoms. The van der Waals surface area contributed by atoms with Gasteiger partial charge in [-0.2, -0.15) is 0 Å². The number of urea groups is 1. The van der Waals surface area contributed by atoms with Gasteiger partial charge in [0.25, 0.3) is 0 Å². The lowest BCUT2D eigenvalue weighted by molar-refractivity contribution is -0.131. The Hall–Kier alpha value is -2.24. The van der Waals surface area contributed by atoms with Gasteiger partial charge in [0.15, 0.2) is 0 Å². The quantitative estimate of drug-likeness (QED) is 0.747. The summed E-state index contributed by atoms with van der Waals surface area (Å²) in [5, 5.41) is 0. The highest BCUT2D eigenvalue weighted by Gasteiger charge is 2.45. The number of carbonyl (C=O) groups excluding carboxylic acids is 2. The molecule has 6 nitrogen and oxygen atoms in total. The monoisotopic (exact) mass is 411 g/mol. The second kappa shape index (κ2) is 8.12. The van der Waals surface area contributed by atoms with E-state index < -0.39 is 0 Å². The van der Waals surface area contributed by atoms with E-state index in [-0.39, 0.29) is 23.5 Å². The van der Waals surface area contributed by atoms with E-state index in [1.807, 2.05) is 32.9 Å². The third-order valence-corrected chi connectivity index (χ3v) is 7.51. The smallest absolute Gasteiger partial charge is 0.320 e. The third kappa shape index (κ3) is 3.77. The van der Waals surface area contributed by atoms with Crippen molar-refractivity contribution < 1.29 is 14.3 Å². The predicted molar refractivity (Wildman–Crippen MR) is 115 cm³/mol. The highest BCUT2D eigenvalue weighted by molar-refractivity contribution is 5.77. The van der Waals surface area contributed by atoms with Crippen LogP contribution in [-0.4, -0.2) is 71.5 Å². The number of likely N-dealkylation sites (tertiary alicyclic amines) is 3. The fourth-order valence-corrected chi connectivity index (χ4v) is 5.75. The van der Waals surface area contributed by atoms with Crippen molar-refractivity contribution in [2.45, 2.75) is 62.9 Å². The van der Waals surface area contributed by atoms with Gasteiger partial charge < -0.3 is 19.4 Å². The first-order valence-electron chi connectivity index (χ1n) is 11.7. The van der Waals surface area contributed by atoms with Crippen molar-refractivity contribution in [3.63, 3.8) is 0 Å². The van der Waals surface area contributed by atoms with Gasteiger partial charge >= 0.3 is 6.03 Å². The molecule has 162 valence electrons. The molecule has 3 saturated heterocycles. The first-order chi connectivity index (χ1) is 14.6. The van der Waals surface area contributed by atoms with Crippen molar-refractivity contribution in [2.24, 2.45) is 0 Å². The van der Waals surface area contributed by atoms with E-state index in [2.05, 4.69) is 6.07 Å². The summed E-state index contributed by atoms with van der Waals surface area (Å²) in [6.07, 6.45) is 7.62. The first-order valence-corrected chi connectivity index (χ1v) is 11.7. The molecule has 0 bridgehead atoms.